The van der Waals surface area contributed by atoms with E-state index in [9.17, 15) is 4.79 Å². The Labute approximate surface area is 154 Å². The van der Waals surface area contributed by atoms with Crippen LogP contribution in [-0.4, -0.2) is 54.2 Å². The molecule has 25 heavy (non-hydrogen) atoms. The van der Waals surface area contributed by atoms with E-state index in [2.05, 4.69) is 27.5 Å². The summed E-state index contributed by atoms with van der Waals surface area (Å²) in [4.78, 5) is 23.7. The molecule has 1 heterocycles. The van der Waals surface area contributed by atoms with Gasteiger partial charge in [-0.25, -0.2) is 14.8 Å². The maximum atomic E-state index is 11.9. The van der Waals surface area contributed by atoms with Gasteiger partial charge in [0.1, 0.15) is 10.6 Å². The molecule has 142 valence electrons. The van der Waals surface area contributed by atoms with E-state index in [1.807, 2.05) is 34.6 Å². The lowest BCUT2D eigenvalue weighted by Crippen LogP contribution is -2.43. The molecule has 0 aliphatic carbocycles. The molecule has 1 aromatic heterocycles. The van der Waals surface area contributed by atoms with Gasteiger partial charge in [-0.2, -0.15) is 0 Å². The second-order valence-corrected chi connectivity index (χ2v) is 8.06. The molecule has 0 saturated heterocycles. The molecule has 0 spiro atoms. The van der Waals surface area contributed by atoms with Crippen LogP contribution in [0.4, 0.5) is 4.79 Å². The zero-order valence-corrected chi connectivity index (χ0v) is 17.2. The van der Waals surface area contributed by atoms with Crippen molar-refractivity contribution >= 4 is 23.4 Å². The fourth-order valence-corrected chi connectivity index (χ4v) is 2.73. The SMILES string of the molecule is CCNC(=NCc1nc(C)c(C)s1)NCCN(C)C(=O)OC(C)(C)C. The number of carbonyl (C=O) groups excluding carboxylic acids is 1. The molecule has 0 unspecified atom stereocenters. The minimum absolute atomic E-state index is 0.329. The Morgan fingerprint density at radius 3 is 2.52 bits per heavy atom. The first-order valence-corrected chi connectivity index (χ1v) is 9.33. The third kappa shape index (κ3) is 8.20. The fraction of sp³-hybridized carbons (Fsp3) is 0.706. The molecular weight excluding hydrogens is 338 g/mol. The Morgan fingerprint density at radius 2 is 2.00 bits per heavy atom. The highest BCUT2D eigenvalue weighted by atomic mass is 32.1. The largest absolute Gasteiger partial charge is 0.444 e. The molecule has 0 aromatic carbocycles. The molecular formula is C17H31N5O2S. The monoisotopic (exact) mass is 369 g/mol. The maximum absolute atomic E-state index is 11.9. The van der Waals surface area contributed by atoms with E-state index in [1.165, 1.54) is 4.88 Å². The van der Waals surface area contributed by atoms with E-state index >= 15 is 0 Å². The van der Waals surface area contributed by atoms with E-state index in [4.69, 9.17) is 4.74 Å². The molecule has 0 radical (unpaired) electrons. The van der Waals surface area contributed by atoms with Crippen molar-refractivity contribution in [2.75, 3.05) is 26.7 Å². The van der Waals surface area contributed by atoms with Crippen LogP contribution in [0.1, 0.15) is 43.3 Å². The molecule has 1 rings (SSSR count). The van der Waals surface area contributed by atoms with Crippen LogP contribution in [0, 0.1) is 13.8 Å². The highest BCUT2D eigenvalue weighted by molar-refractivity contribution is 7.11. The first-order chi connectivity index (χ1) is 11.6. The highest BCUT2D eigenvalue weighted by Gasteiger charge is 2.19. The number of hydrogen-bond donors (Lipinski definition) is 2. The zero-order valence-electron chi connectivity index (χ0n) is 16.4. The number of nitrogens with zero attached hydrogens (tertiary/aromatic N) is 3. The Hall–Kier alpha value is -1.83. The summed E-state index contributed by atoms with van der Waals surface area (Å²) in [6.07, 6.45) is -0.329. The summed E-state index contributed by atoms with van der Waals surface area (Å²) in [7, 11) is 1.72. The van der Waals surface area contributed by atoms with Gasteiger partial charge >= 0.3 is 6.09 Å². The number of hydrogen-bond acceptors (Lipinski definition) is 5. The molecule has 0 fully saturated rings. The van der Waals surface area contributed by atoms with E-state index < -0.39 is 5.60 Å². The molecule has 2 N–H and O–H groups in total. The Balaban J connectivity index is 2.49. The van der Waals surface area contributed by atoms with Crippen molar-refractivity contribution in [3.63, 3.8) is 0 Å². The first kappa shape index (κ1) is 21.2. The van der Waals surface area contributed by atoms with Crippen LogP contribution >= 0.6 is 11.3 Å². The molecule has 1 aromatic rings. The van der Waals surface area contributed by atoms with Crippen LogP contribution in [0.3, 0.4) is 0 Å². The van der Waals surface area contributed by atoms with Crippen LogP contribution in [0.5, 0.6) is 0 Å². The van der Waals surface area contributed by atoms with Gasteiger partial charge in [0.25, 0.3) is 0 Å². The smallest absolute Gasteiger partial charge is 0.410 e. The number of carbonyl (C=O) groups is 1. The number of ether oxygens (including phenoxy) is 1. The third-order valence-corrected chi connectivity index (χ3v) is 4.29. The number of aromatic nitrogens is 1. The number of likely N-dealkylation sites (N-methyl/N-ethyl adjacent to an activating group) is 1. The average molecular weight is 370 g/mol. The van der Waals surface area contributed by atoms with Crippen LogP contribution < -0.4 is 10.6 Å². The van der Waals surface area contributed by atoms with E-state index in [-0.39, 0.29) is 6.09 Å². The molecule has 0 aliphatic rings. The second kappa shape index (κ2) is 9.60. The van der Waals surface area contributed by atoms with Crippen molar-refractivity contribution in [1.82, 2.24) is 20.5 Å². The number of amides is 1. The number of thiazole rings is 1. The van der Waals surface area contributed by atoms with Gasteiger partial charge in [0, 0.05) is 31.6 Å². The van der Waals surface area contributed by atoms with E-state index in [1.54, 1.807) is 23.3 Å². The predicted molar refractivity (Wildman–Crippen MR) is 103 cm³/mol. The molecule has 0 saturated carbocycles. The van der Waals surface area contributed by atoms with E-state index in [0.29, 0.717) is 25.6 Å². The standard InChI is InChI=1S/C17H31N5O2S/c1-8-18-15(20-11-14-21-12(2)13(3)25-14)19-9-10-22(7)16(23)24-17(4,5)6/h8-11H2,1-7H3,(H2,18,19,20). The van der Waals surface area contributed by atoms with Crippen LogP contribution in [0.15, 0.2) is 4.99 Å². The predicted octanol–water partition coefficient (Wildman–Crippen LogP) is 2.68. The Bertz CT molecular complexity index is 573. The Kier molecular flexibility index (Phi) is 8.15. The second-order valence-electron chi connectivity index (χ2n) is 6.77. The fourth-order valence-electron chi connectivity index (χ4n) is 1.87. The summed E-state index contributed by atoms with van der Waals surface area (Å²) in [5.74, 6) is 0.714. The minimum atomic E-state index is -0.487. The van der Waals surface area contributed by atoms with Crippen molar-refractivity contribution in [1.29, 1.82) is 0 Å². The lowest BCUT2D eigenvalue weighted by Gasteiger charge is -2.24. The van der Waals surface area contributed by atoms with E-state index in [0.717, 1.165) is 17.2 Å². The van der Waals surface area contributed by atoms with Gasteiger partial charge in [-0.05, 0) is 41.5 Å². The van der Waals surface area contributed by atoms with Crippen molar-refractivity contribution in [3.8, 4) is 0 Å². The summed E-state index contributed by atoms with van der Waals surface area (Å²) >= 11 is 1.67. The normalized spacial score (nSPS) is 12.0. The average Bonchev–Trinajstić information content (AvgIpc) is 2.81. The van der Waals surface area contributed by atoms with Crippen LogP contribution in [-0.2, 0) is 11.3 Å². The topological polar surface area (TPSA) is 78.9 Å². The minimum Gasteiger partial charge on any atom is -0.444 e. The Morgan fingerprint density at radius 1 is 1.32 bits per heavy atom. The van der Waals surface area contributed by atoms with Gasteiger partial charge < -0.3 is 20.3 Å². The molecule has 0 bridgehead atoms. The molecule has 0 atom stereocenters. The number of rotatable bonds is 6. The third-order valence-electron chi connectivity index (χ3n) is 3.23. The first-order valence-electron chi connectivity index (χ1n) is 8.51. The van der Waals surface area contributed by atoms with Crippen LogP contribution in [0.2, 0.25) is 0 Å². The maximum Gasteiger partial charge on any atom is 0.410 e. The quantitative estimate of drug-likeness (QED) is 0.595. The van der Waals surface area contributed by atoms with Crippen molar-refractivity contribution < 1.29 is 9.53 Å². The molecule has 1 amide bonds. The number of nitrogens with one attached hydrogen (secondary N) is 2. The van der Waals surface area contributed by atoms with Gasteiger partial charge in [0.05, 0.1) is 12.2 Å². The summed E-state index contributed by atoms with van der Waals surface area (Å²) in [5, 5.41) is 7.42. The van der Waals surface area contributed by atoms with Crippen molar-refractivity contribution in [2.24, 2.45) is 4.99 Å². The lowest BCUT2D eigenvalue weighted by atomic mass is 10.2. The number of aliphatic imine (C=N–C) groups is 1. The van der Waals surface area contributed by atoms with Crippen LogP contribution in [0.25, 0.3) is 0 Å². The summed E-state index contributed by atoms with van der Waals surface area (Å²) in [5.41, 5.74) is 0.575. The van der Waals surface area contributed by atoms with Gasteiger partial charge in [0.15, 0.2) is 5.96 Å². The molecule has 8 heteroatoms. The van der Waals surface area contributed by atoms with Gasteiger partial charge in [-0.1, -0.05) is 0 Å². The van der Waals surface area contributed by atoms with Crippen molar-refractivity contribution in [3.05, 3.63) is 15.6 Å². The van der Waals surface area contributed by atoms with Gasteiger partial charge in [-0.15, -0.1) is 11.3 Å². The van der Waals surface area contributed by atoms with Gasteiger partial charge in [0.2, 0.25) is 0 Å². The number of guanidine groups is 1. The molecule has 0 aliphatic heterocycles. The van der Waals surface area contributed by atoms with Crippen molar-refractivity contribution in [2.45, 2.75) is 53.7 Å². The summed E-state index contributed by atoms with van der Waals surface area (Å²) in [6, 6.07) is 0. The number of aryl methyl sites for hydroxylation is 2. The lowest BCUT2D eigenvalue weighted by molar-refractivity contribution is 0.0302. The summed E-state index contributed by atoms with van der Waals surface area (Å²) in [6.45, 7) is 14.1. The van der Waals surface area contributed by atoms with Gasteiger partial charge in [-0.3, -0.25) is 0 Å². The summed E-state index contributed by atoms with van der Waals surface area (Å²) < 4.78 is 5.33. The molecule has 7 nitrogen and oxygen atoms in total. The zero-order chi connectivity index (χ0) is 19.0. The highest BCUT2D eigenvalue weighted by Crippen LogP contribution is 2.16.